The lowest BCUT2D eigenvalue weighted by Gasteiger charge is -2.09. The third kappa shape index (κ3) is 3.75. The maximum Gasteiger partial charge on any atom is 0.203 e. The number of nitrogens with zero attached hydrogens (tertiary/aromatic N) is 2. The summed E-state index contributed by atoms with van der Waals surface area (Å²) in [6.45, 7) is 4.67. The molecule has 0 saturated carbocycles. The van der Waals surface area contributed by atoms with E-state index in [-0.39, 0.29) is 0 Å². The maximum atomic E-state index is 6.39. The van der Waals surface area contributed by atoms with Crippen molar-refractivity contribution in [3.8, 4) is 17.0 Å². The van der Waals surface area contributed by atoms with Crippen molar-refractivity contribution in [2.45, 2.75) is 13.8 Å². The van der Waals surface area contributed by atoms with Crippen LogP contribution in [0, 0.1) is 6.92 Å². The number of anilines is 1. The van der Waals surface area contributed by atoms with Crippen molar-refractivity contribution in [2.75, 3.05) is 24.8 Å². The molecule has 0 atom stereocenters. The fraction of sp³-hybridized carbons (Fsp3) is 0.278. The molecule has 5 nitrogen and oxygen atoms in total. The number of aryl methyl sites for hydroxylation is 1. The molecule has 8 heteroatoms. The lowest BCUT2D eigenvalue weighted by molar-refractivity contribution is 0.338. The van der Waals surface area contributed by atoms with Crippen LogP contribution in [-0.2, 0) is 4.74 Å². The molecule has 1 aromatic carbocycles. The molecule has 136 valence electrons. The predicted molar refractivity (Wildman–Crippen MR) is 112 cm³/mol. The largest absolute Gasteiger partial charge is 0.492 e. The van der Waals surface area contributed by atoms with Crippen LogP contribution >= 0.6 is 35.2 Å². The molecule has 0 amide bonds. The quantitative estimate of drug-likeness (QED) is 0.476. The maximum absolute atomic E-state index is 6.39. The van der Waals surface area contributed by atoms with Crippen molar-refractivity contribution in [3.05, 3.63) is 35.0 Å². The number of benzene rings is 1. The zero-order valence-electron chi connectivity index (χ0n) is 14.4. The Bertz CT molecular complexity index is 959. The summed E-state index contributed by atoms with van der Waals surface area (Å²) in [5.41, 5.74) is 8.58. The molecule has 0 aliphatic heterocycles. The van der Waals surface area contributed by atoms with Crippen molar-refractivity contribution < 1.29 is 9.47 Å². The molecule has 0 radical (unpaired) electrons. The normalized spacial score (nSPS) is 10.9. The van der Waals surface area contributed by atoms with E-state index in [9.17, 15) is 0 Å². The number of ether oxygens (including phenoxy) is 2. The lowest BCUT2D eigenvalue weighted by Crippen LogP contribution is -2.03. The molecular formula is C18H18ClN3O2S2. The van der Waals surface area contributed by atoms with Crippen LogP contribution in [0.2, 0.25) is 0 Å². The van der Waals surface area contributed by atoms with E-state index < -0.39 is 0 Å². The van der Waals surface area contributed by atoms with Gasteiger partial charge in [0.1, 0.15) is 27.9 Å². The van der Waals surface area contributed by atoms with Crippen LogP contribution < -0.4 is 10.5 Å². The van der Waals surface area contributed by atoms with Gasteiger partial charge in [-0.05, 0) is 38.2 Å². The molecule has 0 saturated heterocycles. The number of thiophene rings is 1. The highest BCUT2D eigenvalue weighted by Gasteiger charge is 2.20. The summed E-state index contributed by atoms with van der Waals surface area (Å²) in [7, 11) is 0. The van der Waals surface area contributed by atoms with E-state index in [4.69, 9.17) is 39.0 Å². The number of nitrogens with two attached hydrogens (primary N) is 1. The Morgan fingerprint density at radius 1 is 1.35 bits per heavy atom. The minimum atomic E-state index is 0.385. The number of thiocarbonyl (C=S) groups is 1. The van der Waals surface area contributed by atoms with Gasteiger partial charge in [-0.15, -0.1) is 22.9 Å². The fourth-order valence-corrected chi connectivity index (χ4v) is 4.04. The Labute approximate surface area is 166 Å². The average Bonchev–Trinajstić information content (AvgIpc) is 2.96. The minimum Gasteiger partial charge on any atom is -0.492 e. The number of fused-ring (bicyclic) bond motifs is 1. The van der Waals surface area contributed by atoms with Crippen LogP contribution in [0.3, 0.4) is 0 Å². The van der Waals surface area contributed by atoms with Crippen molar-refractivity contribution in [1.82, 2.24) is 9.97 Å². The first-order chi connectivity index (χ1) is 12.5. The van der Waals surface area contributed by atoms with Gasteiger partial charge in [0.15, 0.2) is 0 Å². The van der Waals surface area contributed by atoms with Crippen molar-refractivity contribution >= 4 is 56.1 Å². The smallest absolute Gasteiger partial charge is 0.203 e. The molecule has 0 bridgehead atoms. The monoisotopic (exact) mass is 407 g/mol. The van der Waals surface area contributed by atoms with Crippen LogP contribution in [0.5, 0.6) is 5.75 Å². The molecular weight excluding hydrogens is 390 g/mol. The average molecular weight is 408 g/mol. The molecule has 0 fully saturated rings. The van der Waals surface area contributed by atoms with Crippen molar-refractivity contribution in [1.29, 1.82) is 0 Å². The molecule has 0 spiro atoms. The first-order valence-corrected chi connectivity index (χ1v) is 9.84. The minimum absolute atomic E-state index is 0.385. The van der Waals surface area contributed by atoms with E-state index in [0.717, 1.165) is 27.2 Å². The first-order valence-electron chi connectivity index (χ1n) is 8.08. The van der Waals surface area contributed by atoms with Gasteiger partial charge in [0.2, 0.25) is 5.05 Å². The first kappa shape index (κ1) is 18.8. The number of hydrogen-bond donors (Lipinski definition) is 1. The molecule has 3 rings (SSSR count). The summed E-state index contributed by atoms with van der Waals surface area (Å²) in [6, 6.07) is 7.68. The van der Waals surface area contributed by atoms with Crippen LogP contribution in [0.4, 0.5) is 5.69 Å². The standard InChI is InChI=1S/C18H18ClN3O2S2/c1-3-23-18(25)16-14(20)13-15(21-10(2)22-17(13)26-16)11-5-4-6-12(9-11)24-8-7-19/h4-6,9H,3,7-8,20H2,1-2H3. The number of halogens is 1. The highest BCUT2D eigenvalue weighted by molar-refractivity contribution is 7.81. The predicted octanol–water partition coefficient (Wildman–Crippen LogP) is 4.58. The number of aromatic nitrogens is 2. The molecule has 3 aromatic rings. The second-order valence-corrected chi connectivity index (χ2v) is 7.18. The van der Waals surface area contributed by atoms with Gasteiger partial charge >= 0.3 is 0 Å². The van der Waals surface area contributed by atoms with E-state index in [2.05, 4.69) is 9.97 Å². The van der Waals surface area contributed by atoms with Gasteiger partial charge in [-0.25, -0.2) is 9.97 Å². The number of rotatable bonds is 6. The van der Waals surface area contributed by atoms with Gasteiger partial charge in [0.25, 0.3) is 0 Å². The Balaban J connectivity index is 2.15. The fourth-order valence-electron chi connectivity index (χ4n) is 2.58. The van der Waals surface area contributed by atoms with Crippen LogP contribution in [0.1, 0.15) is 17.6 Å². The van der Waals surface area contributed by atoms with Crippen LogP contribution in [0.15, 0.2) is 24.3 Å². The molecule has 0 aliphatic carbocycles. The van der Waals surface area contributed by atoms with Crippen molar-refractivity contribution in [2.24, 2.45) is 0 Å². The van der Waals surface area contributed by atoms with E-state index >= 15 is 0 Å². The van der Waals surface area contributed by atoms with Crippen LogP contribution in [0.25, 0.3) is 21.5 Å². The molecule has 0 aliphatic rings. The Hall–Kier alpha value is -1.96. The highest BCUT2D eigenvalue weighted by atomic mass is 35.5. The zero-order valence-corrected chi connectivity index (χ0v) is 16.8. The lowest BCUT2D eigenvalue weighted by atomic mass is 10.1. The van der Waals surface area contributed by atoms with Gasteiger partial charge in [0.05, 0.1) is 29.3 Å². The van der Waals surface area contributed by atoms with Gasteiger partial charge in [-0.1, -0.05) is 12.1 Å². The Kier molecular flexibility index (Phi) is 5.90. The summed E-state index contributed by atoms with van der Waals surface area (Å²) in [4.78, 5) is 10.6. The summed E-state index contributed by atoms with van der Waals surface area (Å²) in [5.74, 6) is 1.82. The van der Waals surface area contributed by atoms with Gasteiger partial charge in [0, 0.05) is 5.56 Å². The third-order valence-corrected chi connectivity index (χ3v) is 5.32. The summed E-state index contributed by atoms with van der Waals surface area (Å²) in [5, 5.41) is 1.17. The van der Waals surface area contributed by atoms with E-state index in [0.29, 0.717) is 40.5 Å². The van der Waals surface area contributed by atoms with Gasteiger partial charge in [-0.2, -0.15) is 0 Å². The summed E-state index contributed by atoms with van der Waals surface area (Å²) in [6.07, 6.45) is 0. The molecule has 26 heavy (non-hydrogen) atoms. The summed E-state index contributed by atoms with van der Waals surface area (Å²) < 4.78 is 11.1. The Morgan fingerprint density at radius 3 is 2.88 bits per heavy atom. The second kappa shape index (κ2) is 8.16. The molecule has 2 aromatic heterocycles. The van der Waals surface area contributed by atoms with E-state index in [1.807, 2.05) is 38.1 Å². The van der Waals surface area contributed by atoms with Crippen molar-refractivity contribution in [3.63, 3.8) is 0 Å². The zero-order chi connectivity index (χ0) is 18.7. The van der Waals surface area contributed by atoms with Gasteiger partial charge in [-0.3, -0.25) is 0 Å². The number of alkyl halides is 1. The second-order valence-electron chi connectivity index (χ2n) is 5.43. The van der Waals surface area contributed by atoms with Crippen LogP contribution in [-0.4, -0.2) is 34.1 Å². The molecule has 2 heterocycles. The van der Waals surface area contributed by atoms with E-state index in [1.54, 1.807) is 0 Å². The van der Waals surface area contributed by atoms with E-state index in [1.165, 1.54) is 11.3 Å². The number of hydrogen-bond acceptors (Lipinski definition) is 7. The SMILES string of the molecule is CCOC(=S)c1sc2nc(C)nc(-c3cccc(OCCCl)c3)c2c1N. The number of nitrogen functional groups attached to an aromatic ring is 1. The summed E-state index contributed by atoms with van der Waals surface area (Å²) >= 11 is 12.5. The topological polar surface area (TPSA) is 70.3 Å². The highest BCUT2D eigenvalue weighted by Crippen LogP contribution is 2.39. The third-order valence-electron chi connectivity index (χ3n) is 3.61. The molecule has 2 N–H and O–H groups in total. The molecule has 0 unspecified atom stereocenters. The van der Waals surface area contributed by atoms with Gasteiger partial charge < -0.3 is 15.2 Å². The Morgan fingerprint density at radius 2 is 2.15 bits per heavy atom.